The Morgan fingerprint density at radius 1 is 1.23 bits per heavy atom. The molecule has 3 nitrogen and oxygen atoms in total. The molecule has 0 spiro atoms. The van der Waals surface area contributed by atoms with Crippen molar-refractivity contribution in [3.05, 3.63) is 46.4 Å². The standard InChI is InChI=1S/C15H15F4NO2/c1-10-2-3-11-7-13(21)20(8-12(11)6-10)4-5-22-9-15(18,19)14(16)17/h2-3,6-8,14H,4-5,9H2,1H3. The van der Waals surface area contributed by atoms with Crippen molar-refractivity contribution in [2.24, 2.45) is 0 Å². The van der Waals surface area contributed by atoms with Crippen molar-refractivity contribution in [3.63, 3.8) is 0 Å². The zero-order valence-corrected chi connectivity index (χ0v) is 11.9. The molecule has 0 fully saturated rings. The first-order valence-electron chi connectivity index (χ1n) is 6.64. The molecule has 0 aliphatic carbocycles. The van der Waals surface area contributed by atoms with Crippen LogP contribution >= 0.6 is 0 Å². The molecule has 0 aliphatic heterocycles. The summed E-state index contributed by atoms with van der Waals surface area (Å²) in [6.07, 6.45) is -2.17. The number of fused-ring (bicyclic) bond motifs is 1. The van der Waals surface area contributed by atoms with Gasteiger partial charge in [0.15, 0.2) is 0 Å². The van der Waals surface area contributed by atoms with E-state index in [-0.39, 0.29) is 18.7 Å². The molecule has 0 amide bonds. The summed E-state index contributed by atoms with van der Waals surface area (Å²) >= 11 is 0. The van der Waals surface area contributed by atoms with Crippen LogP contribution in [0.4, 0.5) is 17.6 Å². The highest BCUT2D eigenvalue weighted by Gasteiger charge is 2.40. The largest absolute Gasteiger partial charge is 0.373 e. The average Bonchev–Trinajstić information content (AvgIpc) is 2.44. The van der Waals surface area contributed by atoms with E-state index in [0.29, 0.717) is 0 Å². The van der Waals surface area contributed by atoms with Gasteiger partial charge in [-0.3, -0.25) is 4.79 Å². The Balaban J connectivity index is 2.03. The number of nitrogens with zero attached hydrogens (tertiary/aromatic N) is 1. The molecule has 0 aliphatic rings. The van der Waals surface area contributed by atoms with E-state index in [0.717, 1.165) is 16.3 Å². The van der Waals surface area contributed by atoms with Gasteiger partial charge in [0.25, 0.3) is 5.56 Å². The fourth-order valence-corrected chi connectivity index (χ4v) is 1.99. The fourth-order valence-electron chi connectivity index (χ4n) is 1.99. The van der Waals surface area contributed by atoms with Crippen LogP contribution < -0.4 is 5.56 Å². The summed E-state index contributed by atoms with van der Waals surface area (Å²) in [7, 11) is 0. The maximum atomic E-state index is 12.7. The minimum atomic E-state index is -4.18. The Hall–Kier alpha value is -1.89. The lowest BCUT2D eigenvalue weighted by Gasteiger charge is -2.15. The Kier molecular flexibility index (Phi) is 4.85. The summed E-state index contributed by atoms with van der Waals surface area (Å²) in [6.45, 7) is 0.304. The lowest BCUT2D eigenvalue weighted by molar-refractivity contribution is -0.166. The minimum absolute atomic E-state index is 0.0159. The van der Waals surface area contributed by atoms with Gasteiger partial charge < -0.3 is 9.30 Å². The van der Waals surface area contributed by atoms with Crippen molar-refractivity contribution < 1.29 is 22.3 Å². The van der Waals surface area contributed by atoms with E-state index < -0.39 is 19.0 Å². The summed E-state index contributed by atoms with van der Waals surface area (Å²) in [4.78, 5) is 11.9. The Morgan fingerprint density at radius 3 is 2.64 bits per heavy atom. The predicted octanol–water partition coefficient (Wildman–Crippen LogP) is 3.23. The summed E-state index contributed by atoms with van der Waals surface area (Å²) in [5.41, 5.74) is 0.714. The van der Waals surface area contributed by atoms with Gasteiger partial charge in [0.2, 0.25) is 0 Å². The highest BCUT2D eigenvalue weighted by Crippen LogP contribution is 2.22. The fraction of sp³-hybridized carbons (Fsp3) is 0.400. The molecule has 1 aromatic heterocycles. The Morgan fingerprint density at radius 2 is 1.95 bits per heavy atom. The molecular formula is C15H15F4NO2. The molecule has 1 aromatic carbocycles. The third-order valence-electron chi connectivity index (χ3n) is 3.19. The Bertz CT molecular complexity index is 712. The number of hydrogen-bond acceptors (Lipinski definition) is 2. The smallest absolute Gasteiger partial charge is 0.330 e. The van der Waals surface area contributed by atoms with Crippen LogP contribution in [-0.4, -0.2) is 30.1 Å². The van der Waals surface area contributed by atoms with Crippen molar-refractivity contribution in [3.8, 4) is 0 Å². The molecule has 22 heavy (non-hydrogen) atoms. The second-order valence-electron chi connectivity index (χ2n) is 5.05. The number of rotatable bonds is 6. The molecule has 2 aromatic rings. The van der Waals surface area contributed by atoms with Crippen molar-refractivity contribution >= 4 is 10.8 Å². The highest BCUT2D eigenvalue weighted by molar-refractivity contribution is 5.82. The van der Waals surface area contributed by atoms with Crippen LogP contribution in [0.1, 0.15) is 5.56 Å². The topological polar surface area (TPSA) is 31.2 Å². The van der Waals surface area contributed by atoms with Crippen molar-refractivity contribution in [1.82, 2.24) is 4.57 Å². The van der Waals surface area contributed by atoms with Gasteiger partial charge in [-0.15, -0.1) is 0 Å². The molecule has 0 saturated heterocycles. The Labute approximate surface area is 124 Å². The first-order valence-corrected chi connectivity index (χ1v) is 6.64. The second kappa shape index (κ2) is 6.48. The van der Waals surface area contributed by atoms with Crippen LogP contribution in [0.5, 0.6) is 0 Å². The zero-order valence-electron chi connectivity index (χ0n) is 11.9. The number of benzene rings is 1. The SMILES string of the molecule is Cc1ccc2cc(=O)n(CCOCC(F)(F)C(F)F)cc2c1. The van der Waals surface area contributed by atoms with Crippen molar-refractivity contribution in [2.75, 3.05) is 13.2 Å². The van der Waals surface area contributed by atoms with Gasteiger partial charge in [-0.25, -0.2) is 8.78 Å². The normalized spacial score (nSPS) is 12.3. The zero-order chi connectivity index (χ0) is 16.3. The molecule has 0 atom stereocenters. The molecule has 0 N–H and O–H groups in total. The highest BCUT2D eigenvalue weighted by atomic mass is 19.3. The minimum Gasteiger partial charge on any atom is -0.373 e. The number of halogens is 4. The molecule has 0 radical (unpaired) electrons. The second-order valence-corrected chi connectivity index (χ2v) is 5.05. The van der Waals surface area contributed by atoms with E-state index in [1.165, 1.54) is 10.6 Å². The molecule has 7 heteroatoms. The first-order chi connectivity index (χ1) is 10.3. The molecule has 120 valence electrons. The summed E-state index contributed by atoms with van der Waals surface area (Å²) in [5.74, 6) is -4.18. The summed E-state index contributed by atoms with van der Waals surface area (Å²) < 4.78 is 55.1. The molecular weight excluding hydrogens is 302 g/mol. The van der Waals surface area contributed by atoms with Crippen LogP contribution in [0.15, 0.2) is 35.3 Å². The molecule has 1 heterocycles. The predicted molar refractivity (Wildman–Crippen MR) is 74.7 cm³/mol. The number of alkyl halides is 4. The van der Waals surface area contributed by atoms with Crippen LogP contribution in [0.3, 0.4) is 0 Å². The van der Waals surface area contributed by atoms with Crippen LogP contribution in [0.25, 0.3) is 10.8 Å². The quantitative estimate of drug-likeness (QED) is 0.605. The monoisotopic (exact) mass is 317 g/mol. The van der Waals surface area contributed by atoms with Gasteiger partial charge in [0.05, 0.1) is 6.61 Å². The molecule has 0 saturated carbocycles. The van der Waals surface area contributed by atoms with E-state index in [4.69, 9.17) is 0 Å². The molecule has 0 unspecified atom stereocenters. The van der Waals surface area contributed by atoms with Gasteiger partial charge in [-0.2, -0.15) is 8.78 Å². The maximum absolute atomic E-state index is 12.7. The van der Waals surface area contributed by atoms with Gasteiger partial charge in [0, 0.05) is 18.8 Å². The van der Waals surface area contributed by atoms with Crippen molar-refractivity contribution in [1.29, 1.82) is 0 Å². The van der Waals surface area contributed by atoms with Crippen molar-refractivity contribution in [2.45, 2.75) is 25.8 Å². The van der Waals surface area contributed by atoms with Gasteiger partial charge >= 0.3 is 12.3 Å². The summed E-state index contributed by atoms with van der Waals surface area (Å²) in [6, 6.07) is 7.01. The van der Waals surface area contributed by atoms with Crippen LogP contribution in [0, 0.1) is 6.92 Å². The average molecular weight is 317 g/mol. The molecule has 0 bridgehead atoms. The van der Waals surface area contributed by atoms with E-state index in [1.807, 2.05) is 25.1 Å². The number of ether oxygens (including phenoxy) is 1. The number of pyridine rings is 1. The van der Waals surface area contributed by atoms with Crippen LogP contribution in [0.2, 0.25) is 0 Å². The molecule has 2 rings (SSSR count). The third-order valence-corrected chi connectivity index (χ3v) is 3.19. The van der Waals surface area contributed by atoms with E-state index >= 15 is 0 Å². The first kappa shape index (κ1) is 16.5. The van der Waals surface area contributed by atoms with Gasteiger partial charge in [-0.1, -0.05) is 17.7 Å². The van der Waals surface area contributed by atoms with E-state index in [1.54, 1.807) is 6.20 Å². The lowest BCUT2D eigenvalue weighted by atomic mass is 10.1. The van der Waals surface area contributed by atoms with Crippen LogP contribution in [-0.2, 0) is 11.3 Å². The number of hydrogen-bond donors (Lipinski definition) is 0. The van der Waals surface area contributed by atoms with Gasteiger partial charge in [-0.05, 0) is 23.8 Å². The summed E-state index contributed by atoms with van der Waals surface area (Å²) in [5, 5.41) is 1.61. The van der Waals surface area contributed by atoms with E-state index in [2.05, 4.69) is 4.74 Å². The third kappa shape index (κ3) is 3.85. The maximum Gasteiger partial charge on any atom is 0.330 e. The number of aryl methyl sites for hydroxylation is 1. The number of aromatic nitrogens is 1. The van der Waals surface area contributed by atoms with Gasteiger partial charge in [0.1, 0.15) is 6.61 Å². The van der Waals surface area contributed by atoms with E-state index in [9.17, 15) is 22.4 Å². The lowest BCUT2D eigenvalue weighted by Crippen LogP contribution is -2.33.